The smallest absolute Gasteiger partial charge is 0.0518 e. The summed E-state index contributed by atoms with van der Waals surface area (Å²) in [6, 6.07) is 4.40. The van der Waals surface area contributed by atoms with E-state index in [4.69, 9.17) is 0 Å². The predicted octanol–water partition coefficient (Wildman–Crippen LogP) is 2.73. The molecule has 0 aromatic heterocycles. The lowest BCUT2D eigenvalue weighted by atomic mass is 10.1. The second-order valence-electron chi connectivity index (χ2n) is 2.96. The maximum atomic E-state index is 3.54. The zero-order chi connectivity index (χ0) is 7.84. The minimum atomic E-state index is 1.08. The largest absolute Gasteiger partial charge is 0.384 e. The van der Waals surface area contributed by atoms with Crippen molar-refractivity contribution < 1.29 is 0 Å². The van der Waals surface area contributed by atoms with Gasteiger partial charge in [0.2, 0.25) is 0 Å². The second-order valence-corrected chi connectivity index (χ2v) is 3.81. The van der Waals surface area contributed by atoms with Gasteiger partial charge in [-0.05, 0) is 46.5 Å². The molecule has 0 amide bonds. The SMILES string of the molecule is Cc1cc(Br)c2c(c1)CCN2. The van der Waals surface area contributed by atoms with Crippen LogP contribution in [0.3, 0.4) is 0 Å². The number of fused-ring (bicyclic) bond motifs is 1. The average molecular weight is 212 g/mol. The number of benzene rings is 1. The Morgan fingerprint density at radius 1 is 1.45 bits per heavy atom. The van der Waals surface area contributed by atoms with Crippen LogP contribution in [-0.2, 0) is 6.42 Å². The van der Waals surface area contributed by atoms with Crippen LogP contribution in [0.4, 0.5) is 5.69 Å². The van der Waals surface area contributed by atoms with Gasteiger partial charge in [0, 0.05) is 11.0 Å². The number of rotatable bonds is 0. The van der Waals surface area contributed by atoms with E-state index in [9.17, 15) is 0 Å². The van der Waals surface area contributed by atoms with E-state index in [0.717, 1.165) is 13.0 Å². The number of hydrogen-bond acceptors (Lipinski definition) is 1. The molecule has 1 nitrogen and oxygen atoms in total. The minimum Gasteiger partial charge on any atom is -0.384 e. The monoisotopic (exact) mass is 211 g/mol. The van der Waals surface area contributed by atoms with Crippen LogP contribution in [0.2, 0.25) is 0 Å². The van der Waals surface area contributed by atoms with Crippen molar-refractivity contribution in [2.45, 2.75) is 13.3 Å². The first-order valence-electron chi connectivity index (χ1n) is 3.80. The summed E-state index contributed by atoms with van der Waals surface area (Å²) >= 11 is 3.54. The summed E-state index contributed by atoms with van der Waals surface area (Å²) in [5.74, 6) is 0. The van der Waals surface area contributed by atoms with Gasteiger partial charge < -0.3 is 5.32 Å². The van der Waals surface area contributed by atoms with Gasteiger partial charge in [-0.25, -0.2) is 0 Å². The summed E-state index contributed by atoms with van der Waals surface area (Å²) in [5.41, 5.74) is 4.06. The van der Waals surface area contributed by atoms with Crippen molar-refractivity contribution in [1.82, 2.24) is 0 Å². The number of anilines is 1. The third-order valence-electron chi connectivity index (χ3n) is 2.01. The molecule has 2 rings (SSSR count). The molecule has 0 atom stereocenters. The fourth-order valence-electron chi connectivity index (χ4n) is 1.53. The Bertz CT molecular complexity index is 294. The van der Waals surface area contributed by atoms with Crippen LogP contribution in [0.1, 0.15) is 11.1 Å². The predicted molar refractivity (Wildman–Crippen MR) is 51.1 cm³/mol. The lowest BCUT2D eigenvalue weighted by Crippen LogP contribution is -1.91. The third-order valence-corrected chi connectivity index (χ3v) is 2.64. The van der Waals surface area contributed by atoms with Crippen molar-refractivity contribution >= 4 is 21.6 Å². The van der Waals surface area contributed by atoms with Crippen LogP contribution in [0, 0.1) is 6.92 Å². The fourth-order valence-corrected chi connectivity index (χ4v) is 2.29. The van der Waals surface area contributed by atoms with Gasteiger partial charge in [-0.2, -0.15) is 0 Å². The minimum absolute atomic E-state index is 1.08. The van der Waals surface area contributed by atoms with Crippen LogP contribution < -0.4 is 5.32 Å². The number of aryl methyl sites for hydroxylation is 1. The van der Waals surface area contributed by atoms with Gasteiger partial charge in [0.25, 0.3) is 0 Å². The number of hydrogen-bond donors (Lipinski definition) is 1. The Balaban J connectivity index is 2.60. The van der Waals surface area contributed by atoms with Crippen LogP contribution >= 0.6 is 15.9 Å². The van der Waals surface area contributed by atoms with Gasteiger partial charge in [-0.1, -0.05) is 6.07 Å². The van der Waals surface area contributed by atoms with Crippen LogP contribution in [0.15, 0.2) is 16.6 Å². The van der Waals surface area contributed by atoms with Crippen molar-refractivity contribution in [3.05, 3.63) is 27.7 Å². The molecular formula is C9H10BrN. The lowest BCUT2D eigenvalue weighted by Gasteiger charge is -2.03. The molecule has 0 aliphatic carbocycles. The summed E-state index contributed by atoms with van der Waals surface area (Å²) in [5, 5.41) is 3.35. The highest BCUT2D eigenvalue weighted by atomic mass is 79.9. The maximum Gasteiger partial charge on any atom is 0.0518 e. The molecule has 0 unspecified atom stereocenters. The van der Waals surface area contributed by atoms with Gasteiger partial charge in [0.05, 0.1) is 5.69 Å². The molecular weight excluding hydrogens is 202 g/mol. The van der Waals surface area contributed by atoms with E-state index in [0.29, 0.717) is 0 Å². The molecule has 0 fully saturated rings. The van der Waals surface area contributed by atoms with E-state index in [2.05, 4.69) is 40.3 Å². The van der Waals surface area contributed by atoms with E-state index < -0.39 is 0 Å². The average Bonchev–Trinajstić information content (AvgIpc) is 2.34. The summed E-state index contributed by atoms with van der Waals surface area (Å²) in [4.78, 5) is 0. The van der Waals surface area contributed by atoms with Gasteiger partial charge >= 0.3 is 0 Å². The lowest BCUT2D eigenvalue weighted by molar-refractivity contribution is 1.10. The van der Waals surface area contributed by atoms with Crippen molar-refractivity contribution in [2.24, 2.45) is 0 Å². The highest BCUT2D eigenvalue weighted by molar-refractivity contribution is 9.10. The van der Waals surface area contributed by atoms with Gasteiger partial charge in [0.1, 0.15) is 0 Å². The third kappa shape index (κ3) is 1.16. The van der Waals surface area contributed by atoms with Gasteiger partial charge in [-0.15, -0.1) is 0 Å². The van der Waals surface area contributed by atoms with Gasteiger partial charge in [-0.3, -0.25) is 0 Å². The molecule has 0 bridgehead atoms. The Labute approximate surface area is 74.9 Å². The van der Waals surface area contributed by atoms with E-state index in [1.54, 1.807) is 0 Å². The zero-order valence-corrected chi connectivity index (χ0v) is 8.03. The van der Waals surface area contributed by atoms with Crippen LogP contribution in [0.5, 0.6) is 0 Å². The Morgan fingerprint density at radius 3 is 3.09 bits per heavy atom. The molecule has 0 radical (unpaired) electrons. The standard InChI is InChI=1S/C9H10BrN/c1-6-4-7-2-3-11-9(7)8(10)5-6/h4-5,11H,2-3H2,1H3. The summed E-state index contributed by atoms with van der Waals surface area (Å²) in [6.07, 6.45) is 1.16. The first-order valence-corrected chi connectivity index (χ1v) is 4.59. The van der Waals surface area contributed by atoms with Crippen LogP contribution in [-0.4, -0.2) is 6.54 Å². The topological polar surface area (TPSA) is 12.0 Å². The van der Waals surface area contributed by atoms with Gasteiger partial charge in [0.15, 0.2) is 0 Å². The molecule has 1 aliphatic heterocycles. The summed E-state index contributed by atoms with van der Waals surface area (Å²) in [6.45, 7) is 3.21. The van der Waals surface area contributed by atoms with Crippen molar-refractivity contribution in [2.75, 3.05) is 11.9 Å². The molecule has 1 aliphatic rings. The molecule has 1 heterocycles. The second kappa shape index (κ2) is 2.52. The summed E-state index contributed by atoms with van der Waals surface area (Å²) < 4.78 is 1.20. The Hall–Kier alpha value is -0.500. The van der Waals surface area contributed by atoms with Crippen molar-refractivity contribution in [3.63, 3.8) is 0 Å². The maximum absolute atomic E-state index is 3.54. The number of halogens is 1. The Kier molecular flexibility index (Phi) is 1.64. The molecule has 11 heavy (non-hydrogen) atoms. The molecule has 0 saturated carbocycles. The zero-order valence-electron chi connectivity index (χ0n) is 6.45. The first-order chi connectivity index (χ1) is 5.27. The molecule has 1 aromatic carbocycles. The highest BCUT2D eigenvalue weighted by Crippen LogP contribution is 2.31. The van der Waals surface area contributed by atoms with Crippen LogP contribution in [0.25, 0.3) is 0 Å². The van der Waals surface area contributed by atoms with Crippen molar-refractivity contribution in [1.29, 1.82) is 0 Å². The summed E-state index contributed by atoms with van der Waals surface area (Å²) in [7, 11) is 0. The quantitative estimate of drug-likeness (QED) is 0.697. The molecule has 2 heteroatoms. The molecule has 0 spiro atoms. The fraction of sp³-hybridized carbons (Fsp3) is 0.333. The first kappa shape index (κ1) is 7.17. The molecule has 58 valence electrons. The molecule has 1 N–H and O–H groups in total. The van der Waals surface area contributed by atoms with E-state index in [1.165, 1.54) is 21.3 Å². The van der Waals surface area contributed by atoms with Crippen molar-refractivity contribution in [3.8, 4) is 0 Å². The normalized spacial score (nSPS) is 14.4. The molecule has 1 aromatic rings. The molecule has 0 saturated heterocycles. The Morgan fingerprint density at radius 2 is 2.27 bits per heavy atom. The van der Waals surface area contributed by atoms with E-state index in [1.807, 2.05) is 0 Å². The number of nitrogens with one attached hydrogen (secondary N) is 1. The van der Waals surface area contributed by atoms with E-state index >= 15 is 0 Å². The van der Waals surface area contributed by atoms with E-state index in [-0.39, 0.29) is 0 Å². The highest BCUT2D eigenvalue weighted by Gasteiger charge is 2.12.